The first-order valence-corrected chi connectivity index (χ1v) is 8.10. The third-order valence-electron chi connectivity index (χ3n) is 3.57. The summed E-state index contributed by atoms with van der Waals surface area (Å²) in [6, 6.07) is 12.6. The molecule has 0 unspecified atom stereocenters. The predicted molar refractivity (Wildman–Crippen MR) is 91.3 cm³/mol. The maximum absolute atomic E-state index is 13.4. The zero-order chi connectivity index (χ0) is 15.6. The molecule has 0 bridgehead atoms. The van der Waals surface area contributed by atoms with Crippen LogP contribution in [0.3, 0.4) is 0 Å². The molecule has 0 saturated carbocycles. The van der Waals surface area contributed by atoms with Gasteiger partial charge in [0.15, 0.2) is 0 Å². The molecule has 4 rings (SSSR count). The van der Waals surface area contributed by atoms with Gasteiger partial charge in [-0.05, 0) is 30.3 Å². The summed E-state index contributed by atoms with van der Waals surface area (Å²) in [6.45, 7) is 0.683. The van der Waals surface area contributed by atoms with Gasteiger partial charge in [0.25, 0.3) is 0 Å². The highest BCUT2D eigenvalue weighted by Crippen LogP contribution is 2.23. The van der Waals surface area contributed by atoms with Crippen LogP contribution in [0.25, 0.3) is 21.1 Å². The fourth-order valence-corrected chi connectivity index (χ4v) is 3.45. The highest BCUT2D eigenvalue weighted by molar-refractivity contribution is 7.18. The molecule has 0 fully saturated rings. The SMILES string of the molecule is Fc1ccc2ncnc(NCCc3nc4ccccc4s3)c2c1. The first-order valence-electron chi connectivity index (χ1n) is 7.28. The van der Waals surface area contributed by atoms with Crippen LogP contribution in [-0.2, 0) is 6.42 Å². The van der Waals surface area contributed by atoms with Crippen molar-refractivity contribution in [3.8, 4) is 0 Å². The zero-order valence-electron chi connectivity index (χ0n) is 12.2. The fraction of sp³-hybridized carbons (Fsp3) is 0.118. The number of thiazole rings is 1. The molecule has 0 aliphatic carbocycles. The molecule has 6 heteroatoms. The molecule has 2 aromatic heterocycles. The van der Waals surface area contributed by atoms with Crippen molar-refractivity contribution in [3.63, 3.8) is 0 Å². The lowest BCUT2D eigenvalue weighted by molar-refractivity contribution is 0.629. The van der Waals surface area contributed by atoms with Gasteiger partial charge in [-0.2, -0.15) is 0 Å². The fourth-order valence-electron chi connectivity index (χ4n) is 2.48. The van der Waals surface area contributed by atoms with Crippen LogP contribution in [0.15, 0.2) is 48.8 Å². The van der Waals surface area contributed by atoms with Crippen molar-refractivity contribution in [1.29, 1.82) is 0 Å². The number of anilines is 1. The lowest BCUT2D eigenvalue weighted by Crippen LogP contribution is -2.07. The summed E-state index contributed by atoms with van der Waals surface area (Å²) >= 11 is 1.69. The van der Waals surface area contributed by atoms with E-state index in [2.05, 4.69) is 26.3 Å². The van der Waals surface area contributed by atoms with E-state index in [9.17, 15) is 4.39 Å². The number of rotatable bonds is 4. The summed E-state index contributed by atoms with van der Waals surface area (Å²) in [5, 5.41) is 5.02. The molecule has 4 aromatic rings. The lowest BCUT2D eigenvalue weighted by Gasteiger charge is -2.07. The third-order valence-corrected chi connectivity index (χ3v) is 4.66. The molecule has 0 spiro atoms. The molecule has 1 N–H and O–H groups in total. The zero-order valence-corrected chi connectivity index (χ0v) is 13.0. The van der Waals surface area contributed by atoms with Crippen molar-refractivity contribution in [3.05, 3.63) is 59.6 Å². The molecule has 0 saturated heterocycles. The quantitative estimate of drug-likeness (QED) is 0.616. The maximum Gasteiger partial charge on any atom is 0.137 e. The van der Waals surface area contributed by atoms with Gasteiger partial charge in [0.1, 0.15) is 18.0 Å². The maximum atomic E-state index is 13.4. The smallest absolute Gasteiger partial charge is 0.137 e. The third kappa shape index (κ3) is 2.85. The summed E-state index contributed by atoms with van der Waals surface area (Å²) in [6.07, 6.45) is 2.28. The van der Waals surface area contributed by atoms with E-state index in [1.807, 2.05) is 18.2 Å². The number of hydrogen-bond donors (Lipinski definition) is 1. The van der Waals surface area contributed by atoms with Crippen molar-refractivity contribution >= 4 is 38.3 Å². The molecule has 2 aromatic carbocycles. The molecule has 0 amide bonds. The Labute approximate surface area is 136 Å². The molecule has 4 nitrogen and oxygen atoms in total. The average Bonchev–Trinajstić information content (AvgIpc) is 2.98. The van der Waals surface area contributed by atoms with Crippen molar-refractivity contribution in [2.45, 2.75) is 6.42 Å². The molecule has 0 radical (unpaired) electrons. The number of hydrogen-bond acceptors (Lipinski definition) is 5. The van der Waals surface area contributed by atoms with Crippen LogP contribution in [0.2, 0.25) is 0 Å². The van der Waals surface area contributed by atoms with Crippen LogP contribution in [0.1, 0.15) is 5.01 Å². The molecule has 0 atom stereocenters. The van der Waals surface area contributed by atoms with E-state index in [1.165, 1.54) is 23.2 Å². The summed E-state index contributed by atoms with van der Waals surface area (Å²) < 4.78 is 14.6. The van der Waals surface area contributed by atoms with E-state index in [-0.39, 0.29) is 5.82 Å². The van der Waals surface area contributed by atoms with Gasteiger partial charge >= 0.3 is 0 Å². The Kier molecular flexibility index (Phi) is 3.59. The standard InChI is InChI=1S/C17H13FN4S/c18-11-5-6-13-12(9-11)17(21-10-20-13)19-8-7-16-22-14-3-1-2-4-15(14)23-16/h1-6,9-10H,7-8H2,(H,19,20,21). The Hall–Kier alpha value is -2.60. The van der Waals surface area contributed by atoms with Gasteiger partial charge in [0.05, 0.1) is 20.7 Å². The van der Waals surface area contributed by atoms with Gasteiger partial charge < -0.3 is 5.32 Å². The second-order valence-electron chi connectivity index (χ2n) is 5.14. The predicted octanol–water partition coefficient (Wildman–Crippen LogP) is 4.03. The van der Waals surface area contributed by atoms with Crippen molar-refractivity contribution < 1.29 is 4.39 Å². The van der Waals surface area contributed by atoms with Gasteiger partial charge in [-0.15, -0.1) is 11.3 Å². The van der Waals surface area contributed by atoms with Crippen molar-refractivity contribution in [1.82, 2.24) is 15.0 Å². The molecular weight excluding hydrogens is 311 g/mol. The molecule has 2 heterocycles. The molecule has 0 aliphatic heterocycles. The van der Waals surface area contributed by atoms with E-state index in [0.717, 1.165) is 22.5 Å². The minimum atomic E-state index is -0.290. The minimum Gasteiger partial charge on any atom is -0.369 e. The summed E-state index contributed by atoms with van der Waals surface area (Å²) in [7, 11) is 0. The normalized spacial score (nSPS) is 11.2. The number of fused-ring (bicyclic) bond motifs is 2. The van der Waals surface area contributed by atoms with Gasteiger partial charge in [-0.3, -0.25) is 0 Å². The molecule has 114 valence electrons. The summed E-state index contributed by atoms with van der Waals surface area (Å²) in [5.74, 6) is 0.358. The van der Waals surface area contributed by atoms with Crippen LogP contribution in [0.4, 0.5) is 10.2 Å². The number of nitrogens with zero attached hydrogens (tertiary/aromatic N) is 3. The Balaban J connectivity index is 1.52. The topological polar surface area (TPSA) is 50.7 Å². The Morgan fingerprint density at radius 2 is 1.96 bits per heavy atom. The largest absolute Gasteiger partial charge is 0.369 e. The molecule has 0 aliphatic rings. The number of nitrogens with one attached hydrogen (secondary N) is 1. The van der Waals surface area contributed by atoms with E-state index in [0.29, 0.717) is 17.7 Å². The van der Waals surface area contributed by atoms with E-state index in [4.69, 9.17) is 0 Å². The second-order valence-corrected chi connectivity index (χ2v) is 6.25. The van der Waals surface area contributed by atoms with E-state index < -0.39 is 0 Å². The van der Waals surface area contributed by atoms with E-state index in [1.54, 1.807) is 17.4 Å². The molecule has 23 heavy (non-hydrogen) atoms. The number of para-hydroxylation sites is 1. The number of halogens is 1. The van der Waals surface area contributed by atoms with Gasteiger partial charge in [0, 0.05) is 18.4 Å². The van der Waals surface area contributed by atoms with E-state index >= 15 is 0 Å². The summed E-state index contributed by atoms with van der Waals surface area (Å²) in [4.78, 5) is 13.0. The first kappa shape index (κ1) is 14.0. The number of aromatic nitrogens is 3. The van der Waals surface area contributed by atoms with Gasteiger partial charge in [0.2, 0.25) is 0 Å². The monoisotopic (exact) mass is 324 g/mol. The van der Waals surface area contributed by atoms with Gasteiger partial charge in [-0.1, -0.05) is 12.1 Å². The van der Waals surface area contributed by atoms with Crippen molar-refractivity contribution in [2.75, 3.05) is 11.9 Å². The summed E-state index contributed by atoms with van der Waals surface area (Å²) in [5.41, 5.74) is 1.76. The van der Waals surface area contributed by atoms with Gasteiger partial charge in [-0.25, -0.2) is 19.3 Å². The van der Waals surface area contributed by atoms with Crippen LogP contribution in [-0.4, -0.2) is 21.5 Å². The molecular formula is C17H13FN4S. The second kappa shape index (κ2) is 5.89. The van der Waals surface area contributed by atoms with Crippen LogP contribution >= 0.6 is 11.3 Å². The van der Waals surface area contributed by atoms with Crippen LogP contribution in [0, 0.1) is 5.82 Å². The van der Waals surface area contributed by atoms with Crippen LogP contribution < -0.4 is 5.32 Å². The first-order chi connectivity index (χ1) is 11.3. The Morgan fingerprint density at radius 3 is 2.87 bits per heavy atom. The Bertz CT molecular complexity index is 950. The van der Waals surface area contributed by atoms with Crippen LogP contribution in [0.5, 0.6) is 0 Å². The Morgan fingerprint density at radius 1 is 1.04 bits per heavy atom. The highest BCUT2D eigenvalue weighted by atomic mass is 32.1. The van der Waals surface area contributed by atoms with Crippen molar-refractivity contribution in [2.24, 2.45) is 0 Å². The highest BCUT2D eigenvalue weighted by Gasteiger charge is 2.06. The average molecular weight is 324 g/mol. The lowest BCUT2D eigenvalue weighted by atomic mass is 10.2. The number of benzene rings is 2. The minimum absolute atomic E-state index is 0.290.